The van der Waals surface area contributed by atoms with Crippen LogP contribution in [0.1, 0.15) is 19.3 Å². The molecule has 122 valence electrons. The molecule has 0 aromatic carbocycles. The first-order valence-electron chi connectivity index (χ1n) is 7.54. The van der Waals surface area contributed by atoms with E-state index in [4.69, 9.17) is 22.1 Å². The summed E-state index contributed by atoms with van der Waals surface area (Å²) in [5.74, 6) is 0. The molecule has 0 unspecified atom stereocenters. The zero-order valence-electron chi connectivity index (χ0n) is 12.2. The molecule has 8 heteroatoms. The number of aliphatic hydroxyl groups excluding tert-OH is 2. The Balaban J connectivity index is 1.69. The van der Waals surface area contributed by atoms with Crippen LogP contribution >= 0.6 is 12.2 Å². The number of thiocarbonyl (C=S) groups is 1. The molecule has 1 saturated heterocycles. The van der Waals surface area contributed by atoms with Crippen molar-refractivity contribution in [2.24, 2.45) is 10.1 Å². The van der Waals surface area contributed by atoms with Crippen molar-refractivity contribution < 1.29 is 19.3 Å². The zero-order valence-corrected chi connectivity index (χ0v) is 13.0. The third-order valence-corrected chi connectivity index (χ3v) is 4.82. The standard InChI is InChI=1S/C15H16FN3O3S/c16-13-14(21)10(6-20)22-15(13)19-5-8-2-1-7-3-11(23)17-4-9(18-19)12(7)8/h4-5,10,13-15,20-21H,1-3,6H2/t10-,13-,14-,15-/m1/s1. The number of hydrogen-bond donors (Lipinski definition) is 2. The second-order valence-electron chi connectivity index (χ2n) is 6.01. The molecule has 2 N–H and O–H groups in total. The topological polar surface area (TPSA) is 77.7 Å². The first kappa shape index (κ1) is 15.1. The highest BCUT2D eigenvalue weighted by molar-refractivity contribution is 7.80. The van der Waals surface area contributed by atoms with E-state index < -0.39 is 31.2 Å². The summed E-state index contributed by atoms with van der Waals surface area (Å²) in [7, 11) is 0. The van der Waals surface area contributed by atoms with Gasteiger partial charge in [-0.2, -0.15) is 5.10 Å². The lowest BCUT2D eigenvalue weighted by atomic mass is 10.0. The van der Waals surface area contributed by atoms with Crippen LogP contribution in [0.25, 0.3) is 0 Å². The molecule has 1 fully saturated rings. The molecule has 0 radical (unpaired) electrons. The molecule has 0 spiro atoms. The van der Waals surface area contributed by atoms with Gasteiger partial charge in [-0.25, -0.2) is 14.4 Å². The molecule has 3 heterocycles. The van der Waals surface area contributed by atoms with Crippen molar-refractivity contribution in [3.63, 3.8) is 0 Å². The number of hydrogen-bond acceptors (Lipinski definition) is 6. The minimum absolute atomic E-state index is 0.440. The van der Waals surface area contributed by atoms with Crippen LogP contribution in [0.5, 0.6) is 0 Å². The van der Waals surface area contributed by atoms with Gasteiger partial charge >= 0.3 is 0 Å². The van der Waals surface area contributed by atoms with E-state index in [1.165, 1.54) is 10.6 Å². The van der Waals surface area contributed by atoms with E-state index in [-0.39, 0.29) is 0 Å². The van der Waals surface area contributed by atoms with Gasteiger partial charge in [-0.3, -0.25) is 0 Å². The molecule has 0 amide bonds. The van der Waals surface area contributed by atoms with Crippen molar-refractivity contribution in [2.45, 2.75) is 43.9 Å². The van der Waals surface area contributed by atoms with Crippen LogP contribution in [0.15, 0.2) is 33.0 Å². The Morgan fingerprint density at radius 1 is 1.43 bits per heavy atom. The van der Waals surface area contributed by atoms with Gasteiger partial charge in [-0.05, 0) is 18.4 Å². The maximum atomic E-state index is 14.3. The molecule has 3 aliphatic heterocycles. The highest BCUT2D eigenvalue weighted by Crippen LogP contribution is 2.39. The number of halogens is 1. The molecule has 4 aliphatic rings. The van der Waals surface area contributed by atoms with E-state index in [0.717, 1.165) is 24.0 Å². The van der Waals surface area contributed by atoms with Crippen LogP contribution in [0.2, 0.25) is 0 Å². The van der Waals surface area contributed by atoms with Crippen molar-refractivity contribution in [3.05, 3.63) is 22.9 Å². The molecule has 6 nitrogen and oxygen atoms in total. The summed E-state index contributed by atoms with van der Waals surface area (Å²) < 4.78 is 19.7. The number of ether oxygens (including phenoxy) is 1. The van der Waals surface area contributed by atoms with Gasteiger partial charge in [0.25, 0.3) is 0 Å². The number of nitrogens with zero attached hydrogens (tertiary/aromatic N) is 3. The third-order valence-electron chi connectivity index (χ3n) is 4.57. The highest BCUT2D eigenvalue weighted by Gasteiger charge is 2.47. The van der Waals surface area contributed by atoms with Gasteiger partial charge in [0, 0.05) is 18.2 Å². The Hall–Kier alpha value is -1.48. The van der Waals surface area contributed by atoms with E-state index in [0.29, 0.717) is 17.1 Å². The second kappa shape index (κ2) is 5.55. The number of rotatable bonds is 2. The minimum Gasteiger partial charge on any atom is -0.394 e. The van der Waals surface area contributed by atoms with Gasteiger partial charge in [0.15, 0.2) is 12.4 Å². The molecule has 4 rings (SSSR count). The van der Waals surface area contributed by atoms with E-state index in [9.17, 15) is 9.50 Å². The van der Waals surface area contributed by atoms with Crippen LogP contribution in [0.3, 0.4) is 0 Å². The van der Waals surface area contributed by atoms with Crippen LogP contribution < -0.4 is 0 Å². The average molecular weight is 337 g/mol. The molecule has 0 bridgehead atoms. The molecule has 23 heavy (non-hydrogen) atoms. The summed E-state index contributed by atoms with van der Waals surface area (Å²) in [6, 6.07) is 0. The van der Waals surface area contributed by atoms with E-state index in [2.05, 4.69) is 10.1 Å². The Kier molecular flexibility index (Phi) is 3.64. The van der Waals surface area contributed by atoms with Crippen molar-refractivity contribution in [3.8, 4) is 0 Å². The fourth-order valence-corrected chi connectivity index (χ4v) is 3.65. The zero-order chi connectivity index (χ0) is 16.1. The average Bonchev–Trinajstić information content (AvgIpc) is 3.01. The Morgan fingerprint density at radius 3 is 3.00 bits per heavy atom. The van der Waals surface area contributed by atoms with Gasteiger partial charge in [-0.1, -0.05) is 17.8 Å². The summed E-state index contributed by atoms with van der Waals surface area (Å²) in [5.41, 5.74) is 3.97. The Labute approximate surface area is 137 Å². The second-order valence-corrected chi connectivity index (χ2v) is 6.48. The Morgan fingerprint density at radius 2 is 2.26 bits per heavy atom. The molecule has 1 aliphatic carbocycles. The molecule has 0 aromatic rings. The van der Waals surface area contributed by atoms with Gasteiger partial charge in [0.2, 0.25) is 0 Å². The van der Waals surface area contributed by atoms with Crippen molar-refractivity contribution in [2.75, 3.05) is 6.61 Å². The maximum Gasteiger partial charge on any atom is 0.184 e. The predicted octanol–water partition coefficient (Wildman–Crippen LogP) is 0.850. The van der Waals surface area contributed by atoms with Crippen LogP contribution in [-0.4, -0.2) is 63.4 Å². The molecule has 0 aromatic heterocycles. The fraction of sp³-hybridized carbons (Fsp3) is 0.533. The third kappa shape index (κ3) is 2.37. The summed E-state index contributed by atoms with van der Waals surface area (Å²) in [4.78, 5) is 4.83. The number of alkyl halides is 1. The SMILES string of the molecule is OC[C@H]1O[C@@H](N2C=C3CCC4=C3C(=N2)C=NC(=S)C4)[C@H](F)[C@@H]1O. The van der Waals surface area contributed by atoms with Gasteiger partial charge in [0.1, 0.15) is 22.9 Å². The number of aliphatic imine (C=N–C) groups is 1. The smallest absolute Gasteiger partial charge is 0.184 e. The summed E-state index contributed by atoms with van der Waals surface area (Å²) >= 11 is 5.21. The normalized spacial score (nSPS) is 36.1. The quantitative estimate of drug-likeness (QED) is 0.731. The lowest BCUT2D eigenvalue weighted by Gasteiger charge is -2.28. The summed E-state index contributed by atoms with van der Waals surface area (Å²) in [6.07, 6.45) is 0.746. The molecule has 0 saturated carbocycles. The predicted molar refractivity (Wildman–Crippen MR) is 86.0 cm³/mol. The van der Waals surface area contributed by atoms with E-state index >= 15 is 0 Å². The van der Waals surface area contributed by atoms with Gasteiger partial charge < -0.3 is 14.9 Å². The first-order chi connectivity index (χ1) is 11.1. The number of allylic oxidation sites excluding steroid dienone is 2. The van der Waals surface area contributed by atoms with Crippen molar-refractivity contribution in [1.82, 2.24) is 5.01 Å². The van der Waals surface area contributed by atoms with Crippen molar-refractivity contribution in [1.29, 1.82) is 0 Å². The van der Waals surface area contributed by atoms with Crippen LogP contribution in [0, 0.1) is 0 Å². The minimum atomic E-state index is -1.65. The molecular formula is C15H16FN3O3S. The molecular weight excluding hydrogens is 321 g/mol. The van der Waals surface area contributed by atoms with Crippen LogP contribution in [0.4, 0.5) is 4.39 Å². The maximum absolute atomic E-state index is 14.3. The van der Waals surface area contributed by atoms with Gasteiger partial charge in [0.05, 0.1) is 12.8 Å². The number of aliphatic hydroxyl groups is 2. The van der Waals surface area contributed by atoms with Gasteiger partial charge in [-0.15, -0.1) is 0 Å². The monoisotopic (exact) mass is 337 g/mol. The molecule has 4 atom stereocenters. The highest BCUT2D eigenvalue weighted by atomic mass is 32.1. The number of hydrazone groups is 1. The summed E-state index contributed by atoms with van der Waals surface area (Å²) in [5, 5.41) is 24.8. The largest absolute Gasteiger partial charge is 0.394 e. The first-order valence-corrected chi connectivity index (χ1v) is 7.95. The van der Waals surface area contributed by atoms with E-state index in [1.807, 2.05) is 0 Å². The lowest BCUT2D eigenvalue weighted by molar-refractivity contribution is -0.0707. The Bertz CT molecular complexity index is 687. The fourth-order valence-electron chi connectivity index (χ4n) is 3.43. The van der Waals surface area contributed by atoms with Crippen molar-refractivity contribution >= 4 is 29.1 Å². The van der Waals surface area contributed by atoms with E-state index in [1.54, 1.807) is 12.4 Å². The van der Waals surface area contributed by atoms with Crippen LogP contribution in [-0.2, 0) is 4.74 Å². The lowest BCUT2D eigenvalue weighted by Crippen LogP contribution is -2.38. The summed E-state index contributed by atoms with van der Waals surface area (Å²) in [6.45, 7) is -0.440.